The Morgan fingerprint density at radius 1 is 0.909 bits per heavy atom. The average molecular weight is 483 g/mol. The van der Waals surface area contributed by atoms with Crippen molar-refractivity contribution in [3.8, 4) is 22.9 Å². The van der Waals surface area contributed by atoms with E-state index >= 15 is 0 Å². The topological polar surface area (TPSA) is 87.7 Å². The Labute approximate surface area is 195 Å². The van der Waals surface area contributed by atoms with Crippen LogP contribution in [0.2, 0.25) is 5.15 Å². The number of hydrogen-bond acceptors (Lipinski definition) is 6. The molecule has 8 nitrogen and oxygen atoms in total. The zero-order valence-electron chi connectivity index (χ0n) is 18.0. The molecule has 0 N–H and O–H groups in total. The second-order valence-electron chi connectivity index (χ2n) is 7.45. The first-order chi connectivity index (χ1) is 15.8. The van der Waals surface area contributed by atoms with Crippen molar-refractivity contribution in [1.82, 2.24) is 18.6 Å². The zero-order chi connectivity index (χ0) is 23.3. The van der Waals surface area contributed by atoms with E-state index in [2.05, 4.69) is 10.1 Å². The van der Waals surface area contributed by atoms with E-state index in [1.165, 1.54) is 22.7 Å². The van der Waals surface area contributed by atoms with Crippen molar-refractivity contribution >= 4 is 38.2 Å². The Hall–Kier alpha value is -3.56. The molecule has 0 spiro atoms. The normalized spacial score (nSPS) is 11.9. The molecule has 168 valence electrons. The maximum atomic E-state index is 13.9. The number of ether oxygens (including phenoxy) is 2. The highest BCUT2D eigenvalue weighted by atomic mass is 35.5. The second kappa shape index (κ2) is 7.79. The van der Waals surface area contributed by atoms with Gasteiger partial charge in [0.1, 0.15) is 10.8 Å². The molecular weight excluding hydrogens is 464 g/mol. The van der Waals surface area contributed by atoms with Gasteiger partial charge in [-0.15, -0.1) is 0 Å². The fourth-order valence-electron chi connectivity index (χ4n) is 3.79. The van der Waals surface area contributed by atoms with E-state index < -0.39 is 10.0 Å². The van der Waals surface area contributed by atoms with Crippen molar-refractivity contribution in [2.24, 2.45) is 0 Å². The van der Waals surface area contributed by atoms with E-state index in [1.807, 2.05) is 6.92 Å². The summed E-state index contributed by atoms with van der Waals surface area (Å²) in [6, 6.07) is 15.2. The molecule has 0 bridgehead atoms. The number of rotatable bonds is 5. The summed E-state index contributed by atoms with van der Waals surface area (Å²) in [7, 11) is -0.969. The lowest BCUT2D eigenvalue weighted by molar-refractivity contribution is 0.356. The fourth-order valence-corrected chi connectivity index (χ4v) is 5.44. The summed E-state index contributed by atoms with van der Waals surface area (Å²) in [5.41, 5.74) is 2.77. The third-order valence-corrected chi connectivity index (χ3v) is 7.36. The summed E-state index contributed by atoms with van der Waals surface area (Å²) < 4.78 is 41.5. The van der Waals surface area contributed by atoms with Crippen molar-refractivity contribution in [3.05, 3.63) is 71.5 Å². The molecule has 0 radical (unpaired) electrons. The third kappa shape index (κ3) is 3.40. The van der Waals surface area contributed by atoms with Crippen molar-refractivity contribution < 1.29 is 17.9 Å². The molecule has 0 aliphatic rings. The van der Waals surface area contributed by atoms with E-state index in [-0.39, 0.29) is 10.0 Å². The zero-order valence-corrected chi connectivity index (χ0v) is 19.6. The molecule has 0 atom stereocenters. The van der Waals surface area contributed by atoms with E-state index in [9.17, 15) is 8.42 Å². The Bertz CT molecular complexity index is 1620. The minimum Gasteiger partial charge on any atom is -0.493 e. The number of methoxy groups -OCH3 is 2. The number of nitrogens with zero attached hydrogens (tertiary/aromatic N) is 4. The molecule has 2 aromatic carbocycles. The molecular formula is C23H19ClN4O4S. The Morgan fingerprint density at radius 2 is 1.61 bits per heavy atom. The van der Waals surface area contributed by atoms with Crippen LogP contribution < -0.4 is 9.47 Å². The summed E-state index contributed by atoms with van der Waals surface area (Å²) in [6.07, 6.45) is 1.57. The van der Waals surface area contributed by atoms with Crippen molar-refractivity contribution in [3.63, 3.8) is 0 Å². The molecule has 0 unspecified atom stereocenters. The van der Waals surface area contributed by atoms with Crippen LogP contribution in [0.5, 0.6) is 11.5 Å². The monoisotopic (exact) mass is 482 g/mol. The van der Waals surface area contributed by atoms with E-state index in [4.69, 9.17) is 21.1 Å². The van der Waals surface area contributed by atoms with Crippen LogP contribution in [0.1, 0.15) is 5.56 Å². The molecule has 10 heteroatoms. The molecule has 3 aromatic heterocycles. The Balaban J connectivity index is 1.89. The van der Waals surface area contributed by atoms with Crippen LogP contribution in [-0.4, -0.2) is 41.2 Å². The van der Waals surface area contributed by atoms with Gasteiger partial charge in [-0.2, -0.15) is 5.10 Å². The lowest BCUT2D eigenvalue weighted by Crippen LogP contribution is -2.15. The first kappa shape index (κ1) is 21.3. The maximum Gasteiger partial charge on any atom is 0.268 e. The Morgan fingerprint density at radius 3 is 2.30 bits per heavy atom. The van der Waals surface area contributed by atoms with Gasteiger partial charge in [0.25, 0.3) is 10.0 Å². The summed E-state index contributed by atoms with van der Waals surface area (Å²) in [5, 5.41) is 5.23. The van der Waals surface area contributed by atoms with Crippen molar-refractivity contribution in [2.45, 2.75) is 11.8 Å². The standard InChI is InChI=1S/C23H19ClN4O4S/c1-14-4-6-16(7-5-14)33(29,30)28-17-12-21(32-3)20(31-2)11-15(17)10-18(28)19-13-25-23-9-8-22(24)26-27(19)23/h4-13H,1-3H3. The van der Waals surface area contributed by atoms with Gasteiger partial charge in [-0.05, 0) is 43.3 Å². The summed E-state index contributed by atoms with van der Waals surface area (Å²) in [4.78, 5) is 4.52. The quantitative estimate of drug-likeness (QED) is 0.364. The van der Waals surface area contributed by atoms with Crippen molar-refractivity contribution in [1.29, 1.82) is 0 Å². The number of halogens is 1. The third-order valence-electron chi connectivity index (χ3n) is 5.41. The smallest absolute Gasteiger partial charge is 0.268 e. The highest BCUT2D eigenvalue weighted by molar-refractivity contribution is 7.90. The molecule has 5 aromatic rings. The minimum atomic E-state index is -4.00. The van der Waals surface area contributed by atoms with Crippen LogP contribution in [0.25, 0.3) is 27.9 Å². The van der Waals surface area contributed by atoms with Crippen LogP contribution in [0.4, 0.5) is 0 Å². The van der Waals surface area contributed by atoms with E-state index in [0.717, 1.165) is 5.56 Å². The predicted molar refractivity (Wildman–Crippen MR) is 126 cm³/mol. The number of fused-ring (bicyclic) bond motifs is 2. The van der Waals surface area contributed by atoms with Crippen LogP contribution in [0, 0.1) is 6.92 Å². The first-order valence-corrected chi connectivity index (χ1v) is 11.8. The van der Waals surface area contributed by atoms with Gasteiger partial charge in [0, 0.05) is 11.5 Å². The van der Waals surface area contributed by atoms with E-state index in [1.54, 1.807) is 60.8 Å². The van der Waals surface area contributed by atoms with Gasteiger partial charge >= 0.3 is 0 Å². The van der Waals surface area contributed by atoms with Gasteiger partial charge in [0.15, 0.2) is 17.1 Å². The first-order valence-electron chi connectivity index (χ1n) is 9.94. The molecule has 0 amide bonds. The molecule has 33 heavy (non-hydrogen) atoms. The summed E-state index contributed by atoms with van der Waals surface area (Å²) in [6.45, 7) is 1.90. The highest BCUT2D eigenvalue weighted by Gasteiger charge is 2.27. The molecule has 0 aliphatic heterocycles. The van der Waals surface area contributed by atoms with Crippen LogP contribution in [0.15, 0.2) is 65.7 Å². The van der Waals surface area contributed by atoms with Gasteiger partial charge in [-0.3, -0.25) is 0 Å². The minimum absolute atomic E-state index is 0.154. The lowest BCUT2D eigenvalue weighted by Gasteiger charge is -2.13. The molecule has 5 rings (SSSR count). The molecule has 0 aliphatic carbocycles. The molecule has 0 saturated carbocycles. The van der Waals surface area contributed by atoms with Gasteiger partial charge < -0.3 is 9.47 Å². The van der Waals surface area contributed by atoms with Gasteiger partial charge in [-0.25, -0.2) is 21.9 Å². The van der Waals surface area contributed by atoms with Crippen LogP contribution >= 0.6 is 11.6 Å². The summed E-state index contributed by atoms with van der Waals surface area (Å²) >= 11 is 6.12. The van der Waals surface area contributed by atoms with Gasteiger partial charge in [0.05, 0.1) is 36.5 Å². The summed E-state index contributed by atoms with van der Waals surface area (Å²) in [5.74, 6) is 0.898. The SMILES string of the molecule is COc1cc2cc(-c3cnc4ccc(Cl)nn34)n(S(=O)(=O)c3ccc(C)cc3)c2cc1OC. The molecule has 3 heterocycles. The average Bonchev–Trinajstić information content (AvgIpc) is 3.38. The number of aryl methyl sites for hydroxylation is 1. The van der Waals surface area contributed by atoms with Crippen LogP contribution in [-0.2, 0) is 10.0 Å². The van der Waals surface area contributed by atoms with E-state index in [0.29, 0.717) is 39.4 Å². The number of imidazole rings is 1. The van der Waals surface area contributed by atoms with Gasteiger partial charge in [-0.1, -0.05) is 29.3 Å². The maximum absolute atomic E-state index is 13.9. The van der Waals surface area contributed by atoms with Gasteiger partial charge in [0.2, 0.25) is 0 Å². The largest absolute Gasteiger partial charge is 0.493 e. The number of aromatic nitrogens is 4. The predicted octanol–water partition coefficient (Wildman–Crippen LogP) is 4.57. The molecule has 0 saturated heterocycles. The Kier molecular flexibility index (Phi) is 5.02. The number of hydrogen-bond donors (Lipinski definition) is 0. The lowest BCUT2D eigenvalue weighted by atomic mass is 10.2. The highest BCUT2D eigenvalue weighted by Crippen LogP contribution is 2.38. The second-order valence-corrected chi connectivity index (χ2v) is 9.62. The number of benzene rings is 2. The molecule has 0 fully saturated rings. The van der Waals surface area contributed by atoms with Crippen LogP contribution in [0.3, 0.4) is 0 Å². The van der Waals surface area contributed by atoms with Crippen molar-refractivity contribution in [2.75, 3.05) is 14.2 Å². The fraction of sp³-hybridized carbons (Fsp3) is 0.130.